The first-order chi connectivity index (χ1) is 11.2. The summed E-state index contributed by atoms with van der Waals surface area (Å²) >= 11 is 0. The summed E-state index contributed by atoms with van der Waals surface area (Å²) in [6.07, 6.45) is 0. The van der Waals surface area contributed by atoms with Gasteiger partial charge in [-0.1, -0.05) is 23.4 Å². The van der Waals surface area contributed by atoms with Gasteiger partial charge in [-0.2, -0.15) is 0 Å². The minimum absolute atomic E-state index is 0.0870. The van der Waals surface area contributed by atoms with Gasteiger partial charge in [0.25, 0.3) is 0 Å². The lowest BCUT2D eigenvalue weighted by Gasteiger charge is -2.02. The summed E-state index contributed by atoms with van der Waals surface area (Å²) in [7, 11) is 0. The molecule has 2 heterocycles. The second-order valence-electron chi connectivity index (χ2n) is 5.37. The second-order valence-corrected chi connectivity index (χ2v) is 5.37. The van der Waals surface area contributed by atoms with Crippen LogP contribution >= 0.6 is 0 Å². The minimum Gasteiger partial charge on any atom is -0.476 e. The maximum absolute atomic E-state index is 10.9. The number of carbonyl (C=O) groups is 1. The van der Waals surface area contributed by atoms with E-state index < -0.39 is 5.97 Å². The molecule has 0 radical (unpaired) electrons. The minimum atomic E-state index is -1.09. The smallest absolute Gasteiger partial charge is 0.358 e. The molecule has 4 aromatic rings. The van der Waals surface area contributed by atoms with Crippen LogP contribution in [0.2, 0.25) is 0 Å². The van der Waals surface area contributed by atoms with Crippen LogP contribution in [-0.4, -0.2) is 20.8 Å². The fourth-order valence-corrected chi connectivity index (χ4v) is 3.06. The van der Waals surface area contributed by atoms with Gasteiger partial charge in [-0.25, -0.2) is 4.79 Å². The summed E-state index contributed by atoms with van der Waals surface area (Å²) in [6.45, 7) is 3.00. The van der Waals surface area contributed by atoms with Gasteiger partial charge in [-0.05, 0) is 31.2 Å². The second kappa shape index (κ2) is 4.98. The van der Waals surface area contributed by atoms with Gasteiger partial charge in [0.1, 0.15) is 0 Å². The number of carboxylic acid groups (broad SMARTS) is 1. The molecule has 0 aliphatic rings. The molecule has 2 aromatic heterocycles. The average Bonchev–Trinajstić information content (AvgIpc) is 3.17. The molecule has 5 nitrogen and oxygen atoms in total. The number of hydrogen-bond acceptors (Lipinski definition) is 3. The molecule has 5 heteroatoms. The average molecular weight is 306 g/mol. The highest BCUT2D eigenvalue weighted by atomic mass is 16.5. The maximum Gasteiger partial charge on any atom is 0.358 e. The van der Waals surface area contributed by atoms with Gasteiger partial charge in [-0.15, -0.1) is 0 Å². The van der Waals surface area contributed by atoms with Crippen molar-refractivity contribution < 1.29 is 14.4 Å². The highest BCUT2D eigenvalue weighted by Crippen LogP contribution is 2.32. The Morgan fingerprint density at radius 3 is 2.65 bits per heavy atom. The van der Waals surface area contributed by atoms with Crippen molar-refractivity contribution in [1.82, 2.24) is 9.72 Å². The third kappa shape index (κ3) is 2.01. The first kappa shape index (κ1) is 13.6. The van der Waals surface area contributed by atoms with Crippen LogP contribution in [0.4, 0.5) is 0 Å². The van der Waals surface area contributed by atoms with Gasteiger partial charge in [0, 0.05) is 40.0 Å². The van der Waals surface area contributed by atoms with Crippen molar-refractivity contribution in [3.63, 3.8) is 0 Å². The molecule has 114 valence electrons. The first-order valence-electron chi connectivity index (χ1n) is 7.40. The Morgan fingerprint density at radius 1 is 1.13 bits per heavy atom. The van der Waals surface area contributed by atoms with Crippen LogP contribution in [-0.2, 0) is 6.54 Å². The molecule has 23 heavy (non-hydrogen) atoms. The van der Waals surface area contributed by atoms with Crippen LogP contribution in [0.3, 0.4) is 0 Å². The molecule has 0 atom stereocenters. The topological polar surface area (TPSA) is 68.3 Å². The quantitative estimate of drug-likeness (QED) is 0.617. The summed E-state index contributed by atoms with van der Waals surface area (Å²) in [6, 6.07) is 15.7. The Kier molecular flexibility index (Phi) is 2.94. The SMILES string of the molecule is CCn1c2ccccc2c2cc(-c3cc(C(=O)O)no3)ccc21. The Balaban J connectivity index is 1.96. The number of aromatic nitrogens is 2. The first-order valence-corrected chi connectivity index (χ1v) is 7.40. The molecule has 0 saturated heterocycles. The van der Waals surface area contributed by atoms with Crippen LogP contribution < -0.4 is 0 Å². The molecular formula is C18H14N2O3. The molecule has 1 N–H and O–H groups in total. The summed E-state index contributed by atoms with van der Waals surface area (Å²) in [4.78, 5) is 10.9. The number of hydrogen-bond donors (Lipinski definition) is 1. The highest BCUT2D eigenvalue weighted by molar-refractivity contribution is 6.09. The van der Waals surface area contributed by atoms with Gasteiger partial charge >= 0.3 is 5.97 Å². The largest absolute Gasteiger partial charge is 0.476 e. The number of para-hydroxylation sites is 1. The summed E-state index contributed by atoms with van der Waals surface area (Å²) in [5.41, 5.74) is 3.06. The standard InChI is InChI=1S/C18H14N2O3/c1-2-20-15-6-4-3-5-12(15)13-9-11(7-8-16(13)20)17-10-14(18(21)22)19-23-17/h3-10H,2H2,1H3,(H,21,22). The molecule has 0 aliphatic carbocycles. The summed E-state index contributed by atoms with van der Waals surface area (Å²) < 4.78 is 7.43. The Morgan fingerprint density at radius 2 is 1.91 bits per heavy atom. The number of aryl methyl sites for hydroxylation is 1. The molecule has 0 spiro atoms. The van der Waals surface area contributed by atoms with E-state index in [1.165, 1.54) is 17.0 Å². The molecule has 0 amide bonds. The van der Waals surface area contributed by atoms with Crippen molar-refractivity contribution >= 4 is 27.8 Å². The van der Waals surface area contributed by atoms with E-state index >= 15 is 0 Å². The van der Waals surface area contributed by atoms with E-state index in [1.54, 1.807) is 0 Å². The van der Waals surface area contributed by atoms with Gasteiger partial charge in [0.15, 0.2) is 11.5 Å². The van der Waals surface area contributed by atoms with Gasteiger partial charge < -0.3 is 14.2 Å². The highest BCUT2D eigenvalue weighted by Gasteiger charge is 2.14. The zero-order valence-electron chi connectivity index (χ0n) is 12.5. The fourth-order valence-electron chi connectivity index (χ4n) is 3.06. The lowest BCUT2D eigenvalue weighted by molar-refractivity contribution is 0.0686. The summed E-state index contributed by atoms with van der Waals surface area (Å²) in [5.74, 6) is -0.638. The number of fused-ring (bicyclic) bond motifs is 3. The van der Waals surface area contributed by atoms with Crippen LogP contribution in [0.5, 0.6) is 0 Å². The number of nitrogens with zero attached hydrogens (tertiary/aromatic N) is 2. The normalized spacial score (nSPS) is 11.3. The van der Waals surface area contributed by atoms with Crippen molar-refractivity contribution in [3.8, 4) is 11.3 Å². The van der Waals surface area contributed by atoms with Crippen LogP contribution in [0, 0.1) is 0 Å². The van der Waals surface area contributed by atoms with E-state index in [2.05, 4.69) is 28.8 Å². The lowest BCUT2D eigenvalue weighted by atomic mass is 10.1. The third-order valence-electron chi connectivity index (χ3n) is 4.10. The van der Waals surface area contributed by atoms with E-state index in [4.69, 9.17) is 9.63 Å². The van der Waals surface area contributed by atoms with Crippen molar-refractivity contribution in [2.75, 3.05) is 0 Å². The molecule has 2 aromatic carbocycles. The van der Waals surface area contributed by atoms with E-state index in [0.717, 1.165) is 23.0 Å². The monoisotopic (exact) mass is 306 g/mol. The Labute approximate surface area is 131 Å². The summed E-state index contributed by atoms with van der Waals surface area (Å²) in [5, 5.41) is 14.8. The lowest BCUT2D eigenvalue weighted by Crippen LogP contribution is -1.94. The third-order valence-corrected chi connectivity index (χ3v) is 4.10. The van der Waals surface area contributed by atoms with Crippen LogP contribution in [0.25, 0.3) is 33.1 Å². The Hall–Kier alpha value is -3.08. The molecule has 4 rings (SSSR count). The van der Waals surface area contributed by atoms with Crippen molar-refractivity contribution in [2.24, 2.45) is 0 Å². The van der Waals surface area contributed by atoms with Crippen molar-refractivity contribution in [2.45, 2.75) is 13.5 Å². The number of rotatable bonds is 3. The van der Waals surface area contributed by atoms with E-state index in [9.17, 15) is 4.79 Å². The number of aromatic carboxylic acids is 1. The van der Waals surface area contributed by atoms with Crippen LogP contribution in [0.1, 0.15) is 17.4 Å². The van der Waals surface area contributed by atoms with E-state index in [-0.39, 0.29) is 5.69 Å². The molecule has 0 aliphatic heterocycles. The van der Waals surface area contributed by atoms with Crippen molar-refractivity contribution in [3.05, 3.63) is 54.2 Å². The van der Waals surface area contributed by atoms with E-state index in [0.29, 0.717) is 5.76 Å². The van der Waals surface area contributed by atoms with Gasteiger partial charge in [0.2, 0.25) is 0 Å². The van der Waals surface area contributed by atoms with Crippen LogP contribution in [0.15, 0.2) is 53.1 Å². The zero-order chi connectivity index (χ0) is 16.0. The predicted octanol–water partition coefficient (Wildman–Crippen LogP) is 4.17. The predicted molar refractivity (Wildman–Crippen MR) is 87.6 cm³/mol. The Bertz CT molecular complexity index is 1040. The van der Waals surface area contributed by atoms with Crippen molar-refractivity contribution in [1.29, 1.82) is 0 Å². The fraction of sp³-hybridized carbons (Fsp3) is 0.111. The van der Waals surface area contributed by atoms with Gasteiger partial charge in [-0.3, -0.25) is 0 Å². The van der Waals surface area contributed by atoms with E-state index in [1.807, 2.05) is 30.3 Å². The maximum atomic E-state index is 10.9. The molecule has 0 saturated carbocycles. The molecule has 0 bridgehead atoms. The molecule has 0 fully saturated rings. The number of carboxylic acids is 1. The number of benzene rings is 2. The van der Waals surface area contributed by atoms with Gasteiger partial charge in [0.05, 0.1) is 0 Å². The zero-order valence-corrected chi connectivity index (χ0v) is 12.5. The molecule has 0 unspecified atom stereocenters. The molecular weight excluding hydrogens is 292 g/mol.